The molecule has 108 valence electrons. The molecular formula is C9H19IN2O4S2. The summed E-state index contributed by atoms with van der Waals surface area (Å²) in [6.45, 7) is 3.19. The van der Waals surface area contributed by atoms with Crippen LogP contribution in [0.2, 0.25) is 0 Å². The Morgan fingerprint density at radius 2 is 2.28 bits per heavy atom. The summed E-state index contributed by atoms with van der Waals surface area (Å²) < 4.78 is 38.3. The highest BCUT2D eigenvalue weighted by atomic mass is 127. The lowest BCUT2D eigenvalue weighted by Crippen LogP contribution is -2.48. The summed E-state index contributed by atoms with van der Waals surface area (Å²) in [6.07, 6.45) is 1.65. The van der Waals surface area contributed by atoms with Gasteiger partial charge in [0.15, 0.2) is 0 Å². The summed E-state index contributed by atoms with van der Waals surface area (Å²) in [5.74, 6) is 0. The molecule has 1 rings (SSSR count). The van der Waals surface area contributed by atoms with Crippen LogP contribution in [-0.4, -0.2) is 51.7 Å². The third kappa shape index (κ3) is 5.47. The first-order valence-electron chi connectivity index (χ1n) is 5.75. The molecule has 0 aliphatic carbocycles. The van der Waals surface area contributed by atoms with Crippen molar-refractivity contribution in [2.75, 3.05) is 26.8 Å². The number of halogens is 1. The normalized spacial score (nSPS) is 25.6. The Morgan fingerprint density at radius 3 is 2.78 bits per heavy atom. The van der Waals surface area contributed by atoms with Gasteiger partial charge in [0.25, 0.3) is 10.2 Å². The first kappa shape index (κ1) is 16.9. The van der Waals surface area contributed by atoms with Gasteiger partial charge in [-0.25, -0.2) is 0 Å². The van der Waals surface area contributed by atoms with E-state index in [1.807, 2.05) is 0 Å². The second-order valence-electron chi connectivity index (χ2n) is 4.11. The Morgan fingerprint density at radius 1 is 1.56 bits per heavy atom. The maximum absolute atomic E-state index is 11.8. The highest BCUT2D eigenvalue weighted by Gasteiger charge is 2.27. The Balaban J connectivity index is 2.35. The smallest absolute Gasteiger partial charge is 0.279 e. The fraction of sp³-hybridized carbons (Fsp3) is 1.00. The Kier molecular flexibility index (Phi) is 7.73. The lowest BCUT2D eigenvalue weighted by molar-refractivity contribution is -0.0186. The van der Waals surface area contributed by atoms with Crippen LogP contribution in [0.5, 0.6) is 0 Å². The highest BCUT2D eigenvalue weighted by molar-refractivity contribution is 14.2. The Bertz CT molecular complexity index is 333. The van der Waals surface area contributed by atoms with Crippen LogP contribution in [0.25, 0.3) is 0 Å². The zero-order valence-corrected chi connectivity index (χ0v) is 14.3. The molecule has 0 aromatic carbocycles. The van der Waals surface area contributed by atoms with Crippen LogP contribution in [-0.2, 0) is 19.1 Å². The maximum atomic E-state index is 11.8. The van der Waals surface area contributed by atoms with Crippen molar-refractivity contribution in [1.82, 2.24) is 9.03 Å². The molecule has 9 heteroatoms. The SMILES string of the molecule is CCN(C)S(=O)(=O)N[C@@H]1CC[C@@H](COSI)OC1. The minimum atomic E-state index is -3.38. The molecule has 0 aromatic rings. The van der Waals surface area contributed by atoms with E-state index in [9.17, 15) is 8.42 Å². The summed E-state index contributed by atoms with van der Waals surface area (Å²) in [4.78, 5) is 0. The van der Waals surface area contributed by atoms with Crippen LogP contribution in [0.1, 0.15) is 19.8 Å². The summed E-state index contributed by atoms with van der Waals surface area (Å²) in [5.41, 5.74) is 0. The van der Waals surface area contributed by atoms with Gasteiger partial charge in [0.1, 0.15) is 0 Å². The Hall–Kier alpha value is 0.870. The van der Waals surface area contributed by atoms with Gasteiger partial charge in [0.05, 0.1) is 28.5 Å². The number of hydrogen-bond acceptors (Lipinski definition) is 5. The molecule has 6 nitrogen and oxygen atoms in total. The lowest BCUT2D eigenvalue weighted by atomic mass is 10.1. The molecule has 0 amide bonds. The molecule has 0 aromatic heterocycles. The maximum Gasteiger partial charge on any atom is 0.279 e. The number of hydrogen-bond donors (Lipinski definition) is 1. The zero-order valence-electron chi connectivity index (χ0n) is 10.5. The van der Waals surface area contributed by atoms with E-state index in [4.69, 9.17) is 8.92 Å². The molecule has 1 saturated heterocycles. The van der Waals surface area contributed by atoms with Gasteiger partial charge >= 0.3 is 0 Å². The zero-order chi connectivity index (χ0) is 13.6. The van der Waals surface area contributed by atoms with E-state index in [1.165, 1.54) is 13.5 Å². The van der Waals surface area contributed by atoms with Gasteiger partial charge in [-0.2, -0.15) is 17.4 Å². The Labute approximate surface area is 125 Å². The van der Waals surface area contributed by atoms with Gasteiger partial charge in [-0.3, -0.25) is 0 Å². The summed E-state index contributed by atoms with van der Waals surface area (Å²) in [5, 5.41) is 0. The van der Waals surface area contributed by atoms with Crippen molar-refractivity contribution in [1.29, 1.82) is 0 Å². The van der Waals surface area contributed by atoms with Crippen LogP contribution < -0.4 is 4.72 Å². The van der Waals surface area contributed by atoms with E-state index >= 15 is 0 Å². The molecule has 0 bridgehead atoms. The number of nitrogens with one attached hydrogen (secondary N) is 1. The van der Waals surface area contributed by atoms with E-state index < -0.39 is 10.2 Å². The fourth-order valence-electron chi connectivity index (χ4n) is 1.60. The third-order valence-corrected chi connectivity index (χ3v) is 5.54. The monoisotopic (exact) mass is 410 g/mol. The van der Waals surface area contributed by atoms with Crippen molar-refractivity contribution in [3.8, 4) is 0 Å². The summed E-state index contributed by atoms with van der Waals surface area (Å²) >= 11 is 2.06. The quantitative estimate of drug-likeness (QED) is 0.507. The molecule has 1 aliphatic heterocycles. The molecule has 1 fully saturated rings. The minimum absolute atomic E-state index is 0.0666. The van der Waals surface area contributed by atoms with Gasteiger partial charge in [0, 0.05) is 40.8 Å². The van der Waals surface area contributed by atoms with Gasteiger partial charge in [0.2, 0.25) is 0 Å². The molecular weight excluding hydrogens is 391 g/mol. The van der Waals surface area contributed by atoms with Crippen molar-refractivity contribution in [3.63, 3.8) is 0 Å². The van der Waals surface area contributed by atoms with E-state index in [2.05, 4.69) is 25.9 Å². The second kappa shape index (κ2) is 8.22. The molecule has 0 saturated carbocycles. The molecule has 1 N–H and O–H groups in total. The standard InChI is InChI=1S/C9H19IN2O4S2/c1-3-12(2)18(13,14)11-8-4-5-9(15-6-8)7-16-17-10/h8-9,11H,3-7H2,1-2H3/t8-,9+/m1/s1. The van der Waals surface area contributed by atoms with E-state index in [1.54, 1.807) is 14.0 Å². The number of ether oxygens (including phenoxy) is 1. The highest BCUT2D eigenvalue weighted by Crippen LogP contribution is 2.19. The van der Waals surface area contributed by atoms with Gasteiger partial charge in [-0.1, -0.05) is 6.92 Å². The largest absolute Gasteiger partial charge is 0.374 e. The fourth-order valence-corrected chi connectivity index (χ4v) is 3.37. The van der Waals surface area contributed by atoms with E-state index in [-0.39, 0.29) is 12.1 Å². The van der Waals surface area contributed by atoms with Crippen LogP contribution in [0.15, 0.2) is 0 Å². The van der Waals surface area contributed by atoms with Crippen molar-refractivity contribution < 1.29 is 17.3 Å². The topological polar surface area (TPSA) is 67.9 Å². The van der Waals surface area contributed by atoms with E-state index in [0.29, 0.717) is 19.8 Å². The number of nitrogens with zero attached hydrogens (tertiary/aromatic N) is 1. The first-order chi connectivity index (χ1) is 8.49. The average Bonchev–Trinajstić information content (AvgIpc) is 2.36. The molecule has 18 heavy (non-hydrogen) atoms. The molecule has 2 atom stereocenters. The lowest BCUT2D eigenvalue weighted by Gasteiger charge is -2.30. The minimum Gasteiger partial charge on any atom is -0.374 e. The van der Waals surface area contributed by atoms with Crippen LogP contribution in [0.4, 0.5) is 0 Å². The molecule has 0 radical (unpaired) electrons. The molecule has 0 spiro atoms. The van der Waals surface area contributed by atoms with Gasteiger partial charge in [-0.05, 0) is 12.8 Å². The predicted octanol–water partition coefficient (Wildman–Crippen LogP) is 1.33. The molecule has 0 unspecified atom stereocenters. The van der Waals surface area contributed by atoms with E-state index in [0.717, 1.165) is 12.8 Å². The predicted molar refractivity (Wildman–Crippen MR) is 80.7 cm³/mol. The molecule has 1 heterocycles. The van der Waals surface area contributed by atoms with Crippen LogP contribution in [0, 0.1) is 0 Å². The first-order valence-corrected chi connectivity index (χ1v) is 10.5. The van der Waals surface area contributed by atoms with Crippen molar-refractivity contribution in [2.24, 2.45) is 0 Å². The van der Waals surface area contributed by atoms with Crippen LogP contribution in [0.3, 0.4) is 0 Å². The van der Waals surface area contributed by atoms with Crippen molar-refractivity contribution in [2.45, 2.75) is 31.9 Å². The number of rotatable bonds is 7. The van der Waals surface area contributed by atoms with Crippen LogP contribution >= 0.6 is 30.4 Å². The summed E-state index contributed by atoms with van der Waals surface area (Å²) in [7, 11) is -0.537. The molecule has 1 aliphatic rings. The van der Waals surface area contributed by atoms with Crippen molar-refractivity contribution in [3.05, 3.63) is 0 Å². The second-order valence-corrected chi connectivity index (χ2v) is 7.36. The third-order valence-electron chi connectivity index (χ3n) is 2.84. The van der Waals surface area contributed by atoms with Crippen molar-refractivity contribution >= 4 is 40.6 Å². The average molecular weight is 410 g/mol. The van der Waals surface area contributed by atoms with Gasteiger partial charge < -0.3 is 8.92 Å². The summed E-state index contributed by atoms with van der Waals surface area (Å²) in [6, 6.07) is -0.146. The van der Waals surface area contributed by atoms with Gasteiger partial charge in [-0.15, -0.1) is 0 Å².